The maximum Gasteiger partial charge on any atom is 0.253 e. The van der Waals surface area contributed by atoms with Crippen LogP contribution in [0.25, 0.3) is 0 Å². The van der Waals surface area contributed by atoms with Crippen molar-refractivity contribution in [1.29, 1.82) is 0 Å². The molecule has 1 aromatic carbocycles. The Morgan fingerprint density at radius 1 is 1.20 bits per heavy atom. The Morgan fingerprint density at radius 2 is 1.88 bits per heavy atom. The molecule has 25 heavy (non-hydrogen) atoms. The summed E-state index contributed by atoms with van der Waals surface area (Å²) in [5, 5.41) is 0. The van der Waals surface area contributed by atoms with E-state index in [-0.39, 0.29) is 5.91 Å². The molecule has 1 aromatic rings. The normalized spacial score (nSPS) is 18.9. The van der Waals surface area contributed by atoms with Crippen LogP contribution in [0.4, 0.5) is 5.69 Å². The summed E-state index contributed by atoms with van der Waals surface area (Å²) in [6.45, 7) is 5.40. The molecule has 2 aliphatic rings. The predicted octanol–water partition coefficient (Wildman–Crippen LogP) is 2.03. The average Bonchev–Trinajstić information content (AvgIpc) is 2.68. The van der Waals surface area contributed by atoms with Gasteiger partial charge in [0.1, 0.15) is 5.75 Å². The highest BCUT2D eigenvalue weighted by Crippen LogP contribution is 2.30. The molecule has 2 saturated heterocycles. The Labute approximate surface area is 149 Å². The van der Waals surface area contributed by atoms with Crippen LogP contribution in [-0.2, 0) is 9.47 Å². The molecule has 2 heterocycles. The van der Waals surface area contributed by atoms with Gasteiger partial charge in [-0.15, -0.1) is 0 Å². The van der Waals surface area contributed by atoms with Crippen molar-refractivity contribution >= 4 is 11.6 Å². The first kappa shape index (κ1) is 18.0. The van der Waals surface area contributed by atoms with Gasteiger partial charge in [0.25, 0.3) is 5.91 Å². The molecule has 0 bridgehead atoms. The number of morpholine rings is 1. The van der Waals surface area contributed by atoms with Gasteiger partial charge in [-0.1, -0.05) is 0 Å². The van der Waals surface area contributed by atoms with Crippen molar-refractivity contribution in [3.63, 3.8) is 0 Å². The van der Waals surface area contributed by atoms with Gasteiger partial charge in [0, 0.05) is 45.5 Å². The van der Waals surface area contributed by atoms with Crippen LogP contribution in [0.5, 0.6) is 5.75 Å². The molecule has 6 heteroatoms. The summed E-state index contributed by atoms with van der Waals surface area (Å²) >= 11 is 0. The highest BCUT2D eigenvalue weighted by Gasteiger charge is 2.22. The lowest BCUT2D eigenvalue weighted by molar-refractivity contribution is 0.0497. The topological polar surface area (TPSA) is 51.2 Å². The van der Waals surface area contributed by atoms with Gasteiger partial charge in [-0.05, 0) is 37.0 Å². The average molecular weight is 348 g/mol. The van der Waals surface area contributed by atoms with E-state index in [9.17, 15) is 4.79 Å². The molecule has 0 radical (unpaired) electrons. The molecular weight excluding hydrogens is 320 g/mol. The van der Waals surface area contributed by atoms with E-state index < -0.39 is 0 Å². The lowest BCUT2D eigenvalue weighted by Crippen LogP contribution is -2.37. The van der Waals surface area contributed by atoms with Gasteiger partial charge in [-0.25, -0.2) is 0 Å². The molecule has 0 aliphatic carbocycles. The minimum atomic E-state index is 0.0589. The van der Waals surface area contributed by atoms with E-state index in [0.717, 1.165) is 57.1 Å². The molecule has 138 valence electrons. The third-order valence-corrected chi connectivity index (χ3v) is 5.00. The number of carbonyl (C=O) groups is 1. The zero-order valence-corrected chi connectivity index (χ0v) is 15.2. The van der Waals surface area contributed by atoms with Crippen LogP contribution < -0.4 is 9.64 Å². The second-order valence-electron chi connectivity index (χ2n) is 6.73. The summed E-state index contributed by atoms with van der Waals surface area (Å²) in [4.78, 5) is 16.9. The number of ether oxygens (including phenoxy) is 3. The van der Waals surface area contributed by atoms with Gasteiger partial charge in [-0.2, -0.15) is 0 Å². The number of methoxy groups -OCH3 is 1. The fourth-order valence-corrected chi connectivity index (χ4v) is 3.49. The van der Waals surface area contributed by atoms with Crippen molar-refractivity contribution in [2.45, 2.75) is 12.8 Å². The summed E-state index contributed by atoms with van der Waals surface area (Å²) in [5.41, 5.74) is 1.67. The molecule has 0 atom stereocenters. The largest absolute Gasteiger partial charge is 0.495 e. The van der Waals surface area contributed by atoms with Crippen LogP contribution in [0.1, 0.15) is 23.2 Å². The minimum absolute atomic E-state index is 0.0589. The van der Waals surface area contributed by atoms with Gasteiger partial charge in [-0.3, -0.25) is 4.79 Å². The van der Waals surface area contributed by atoms with Crippen LogP contribution >= 0.6 is 0 Å². The molecule has 0 spiro atoms. The van der Waals surface area contributed by atoms with Crippen molar-refractivity contribution in [2.24, 2.45) is 5.92 Å². The van der Waals surface area contributed by atoms with Crippen LogP contribution in [0.15, 0.2) is 18.2 Å². The summed E-state index contributed by atoms with van der Waals surface area (Å²) in [6, 6.07) is 5.69. The molecule has 0 unspecified atom stereocenters. The number of nitrogens with zero attached hydrogens (tertiary/aromatic N) is 2. The Bertz CT molecular complexity index is 581. The van der Waals surface area contributed by atoms with E-state index in [1.54, 1.807) is 7.11 Å². The maximum absolute atomic E-state index is 12.9. The SMILES string of the molecule is COc1ccc(C(=O)N(C)CC2CCOCC2)cc1N1CCOCC1. The fraction of sp³-hybridized carbons (Fsp3) is 0.632. The number of amides is 1. The summed E-state index contributed by atoms with van der Waals surface area (Å²) in [5.74, 6) is 1.38. The number of benzene rings is 1. The number of anilines is 1. The first-order valence-corrected chi connectivity index (χ1v) is 9.03. The van der Waals surface area contributed by atoms with Crippen molar-refractivity contribution < 1.29 is 19.0 Å². The van der Waals surface area contributed by atoms with Gasteiger partial charge in [0.15, 0.2) is 0 Å². The van der Waals surface area contributed by atoms with E-state index in [1.165, 1.54) is 0 Å². The number of rotatable bonds is 5. The molecule has 0 saturated carbocycles. The van der Waals surface area contributed by atoms with E-state index >= 15 is 0 Å². The maximum atomic E-state index is 12.9. The van der Waals surface area contributed by atoms with E-state index in [0.29, 0.717) is 24.7 Å². The summed E-state index contributed by atoms with van der Waals surface area (Å²) in [6.07, 6.45) is 2.05. The number of hydrogen-bond donors (Lipinski definition) is 0. The Kier molecular flexibility index (Phi) is 6.15. The molecular formula is C19H28N2O4. The first-order chi connectivity index (χ1) is 12.2. The van der Waals surface area contributed by atoms with Crippen molar-refractivity contribution in [2.75, 3.05) is 65.1 Å². The highest BCUT2D eigenvalue weighted by molar-refractivity contribution is 5.95. The van der Waals surface area contributed by atoms with Crippen LogP contribution in [0.3, 0.4) is 0 Å². The lowest BCUT2D eigenvalue weighted by atomic mass is 9.99. The van der Waals surface area contributed by atoms with Crippen LogP contribution in [0.2, 0.25) is 0 Å². The van der Waals surface area contributed by atoms with E-state index in [4.69, 9.17) is 14.2 Å². The third kappa shape index (κ3) is 4.44. The Hall–Kier alpha value is -1.79. The Balaban J connectivity index is 1.72. The highest BCUT2D eigenvalue weighted by atomic mass is 16.5. The smallest absolute Gasteiger partial charge is 0.253 e. The van der Waals surface area contributed by atoms with E-state index in [1.807, 2.05) is 30.1 Å². The molecule has 2 aliphatic heterocycles. The standard InChI is InChI=1S/C19H28N2O4/c1-20(14-15-5-9-24-10-6-15)19(22)16-3-4-18(23-2)17(13-16)21-7-11-25-12-8-21/h3-4,13,15H,5-12,14H2,1-2H3. The molecule has 1 amide bonds. The van der Waals surface area contributed by atoms with Crippen molar-refractivity contribution in [1.82, 2.24) is 4.90 Å². The summed E-state index contributed by atoms with van der Waals surface area (Å²) < 4.78 is 16.3. The third-order valence-electron chi connectivity index (χ3n) is 5.00. The summed E-state index contributed by atoms with van der Waals surface area (Å²) in [7, 11) is 3.55. The first-order valence-electron chi connectivity index (χ1n) is 9.03. The van der Waals surface area contributed by atoms with Crippen molar-refractivity contribution in [3.8, 4) is 5.75 Å². The molecule has 0 aromatic heterocycles. The monoisotopic (exact) mass is 348 g/mol. The fourth-order valence-electron chi connectivity index (χ4n) is 3.49. The van der Waals surface area contributed by atoms with Gasteiger partial charge >= 0.3 is 0 Å². The zero-order chi connectivity index (χ0) is 17.6. The van der Waals surface area contributed by atoms with Crippen LogP contribution in [0, 0.1) is 5.92 Å². The lowest BCUT2D eigenvalue weighted by Gasteiger charge is -2.31. The van der Waals surface area contributed by atoms with Gasteiger partial charge in [0.2, 0.25) is 0 Å². The van der Waals surface area contributed by atoms with E-state index in [2.05, 4.69) is 4.90 Å². The molecule has 3 rings (SSSR count). The predicted molar refractivity (Wildman–Crippen MR) is 96.5 cm³/mol. The second-order valence-corrected chi connectivity index (χ2v) is 6.73. The molecule has 6 nitrogen and oxygen atoms in total. The van der Waals surface area contributed by atoms with Crippen molar-refractivity contribution in [3.05, 3.63) is 23.8 Å². The second kappa shape index (κ2) is 8.54. The molecule has 0 N–H and O–H groups in total. The minimum Gasteiger partial charge on any atom is -0.495 e. The van der Waals surface area contributed by atoms with Gasteiger partial charge < -0.3 is 24.0 Å². The Morgan fingerprint density at radius 3 is 2.56 bits per heavy atom. The number of carbonyl (C=O) groups excluding carboxylic acids is 1. The van der Waals surface area contributed by atoms with Gasteiger partial charge in [0.05, 0.1) is 26.0 Å². The zero-order valence-electron chi connectivity index (χ0n) is 15.2. The quantitative estimate of drug-likeness (QED) is 0.815. The number of hydrogen-bond acceptors (Lipinski definition) is 5. The van der Waals surface area contributed by atoms with Crippen LogP contribution in [-0.4, -0.2) is 71.0 Å². The molecule has 2 fully saturated rings.